The van der Waals surface area contributed by atoms with Crippen LogP contribution in [-0.4, -0.2) is 31.3 Å². The summed E-state index contributed by atoms with van der Waals surface area (Å²) in [5.41, 5.74) is 0.918. The summed E-state index contributed by atoms with van der Waals surface area (Å²) >= 11 is 0. The molecule has 1 aliphatic rings. The van der Waals surface area contributed by atoms with Crippen LogP contribution in [0, 0.1) is 0 Å². The molecule has 1 atom stereocenters. The second kappa shape index (κ2) is 7.18. The van der Waals surface area contributed by atoms with Gasteiger partial charge in [0.05, 0.1) is 19.9 Å². The zero-order valence-electron chi connectivity index (χ0n) is 14.2. The predicted octanol–water partition coefficient (Wildman–Crippen LogP) is 2.49. The second-order valence-electron chi connectivity index (χ2n) is 5.44. The van der Waals surface area contributed by atoms with Crippen molar-refractivity contribution < 1.29 is 29.0 Å². The minimum absolute atomic E-state index is 0.0467. The fourth-order valence-electron chi connectivity index (χ4n) is 2.77. The lowest BCUT2D eigenvalue weighted by molar-refractivity contribution is -0.141. The summed E-state index contributed by atoms with van der Waals surface area (Å²) in [7, 11) is 2.39. The number of rotatable bonds is 4. The Kier molecular flexibility index (Phi) is 4.79. The Hall–Kier alpha value is -3.48. The third-order valence-electron chi connectivity index (χ3n) is 3.96. The molecule has 1 aliphatic heterocycles. The fraction of sp³-hybridized carbons (Fsp3) is 0.158. The number of benzene rings is 2. The molecular formula is C19H17NO6. The molecule has 0 saturated carbocycles. The van der Waals surface area contributed by atoms with Gasteiger partial charge in [0.1, 0.15) is 17.4 Å². The number of hydroxylamine groups is 1. The molecule has 0 bridgehead atoms. The molecule has 2 aromatic rings. The van der Waals surface area contributed by atoms with Crippen molar-refractivity contribution in [3.8, 4) is 5.75 Å². The maximum absolute atomic E-state index is 12.4. The van der Waals surface area contributed by atoms with E-state index in [4.69, 9.17) is 14.3 Å². The molecule has 2 aromatic carbocycles. The number of esters is 2. The van der Waals surface area contributed by atoms with Crippen molar-refractivity contribution in [3.05, 3.63) is 71.5 Å². The van der Waals surface area contributed by atoms with Crippen molar-refractivity contribution in [2.75, 3.05) is 19.3 Å². The minimum atomic E-state index is -0.889. The summed E-state index contributed by atoms with van der Waals surface area (Å²) in [5.74, 6) is -1.90. The Balaban J connectivity index is 2.21. The molecule has 0 saturated heterocycles. The standard InChI is InChI=1S/C19H17NO6/c1-24-18(22)15-16(13-10-6-7-11-14(13)21)20(12-8-4-3-5-9-12)26-17(15)19(23)25-2/h3-11,16,21H,1-2H3/t16-/m0/s1. The average Bonchev–Trinajstić information content (AvgIpc) is 3.08. The highest BCUT2D eigenvalue weighted by Crippen LogP contribution is 2.44. The summed E-state index contributed by atoms with van der Waals surface area (Å²) in [6.07, 6.45) is 0. The summed E-state index contributed by atoms with van der Waals surface area (Å²) in [5, 5.41) is 11.7. The van der Waals surface area contributed by atoms with Gasteiger partial charge in [0.2, 0.25) is 0 Å². The van der Waals surface area contributed by atoms with Gasteiger partial charge in [0.25, 0.3) is 5.76 Å². The molecule has 26 heavy (non-hydrogen) atoms. The topological polar surface area (TPSA) is 85.3 Å². The van der Waals surface area contributed by atoms with E-state index < -0.39 is 18.0 Å². The van der Waals surface area contributed by atoms with Crippen LogP contribution in [0.25, 0.3) is 0 Å². The van der Waals surface area contributed by atoms with E-state index in [9.17, 15) is 14.7 Å². The molecule has 0 radical (unpaired) electrons. The van der Waals surface area contributed by atoms with Crippen LogP contribution in [0.2, 0.25) is 0 Å². The van der Waals surface area contributed by atoms with E-state index in [1.807, 2.05) is 6.07 Å². The monoisotopic (exact) mass is 355 g/mol. The van der Waals surface area contributed by atoms with E-state index in [1.54, 1.807) is 42.5 Å². The van der Waals surface area contributed by atoms with E-state index in [1.165, 1.54) is 25.3 Å². The number of para-hydroxylation sites is 2. The lowest BCUT2D eigenvalue weighted by Gasteiger charge is -2.26. The quantitative estimate of drug-likeness (QED) is 0.843. The van der Waals surface area contributed by atoms with Crippen molar-refractivity contribution >= 4 is 17.6 Å². The van der Waals surface area contributed by atoms with Gasteiger partial charge in [-0.3, -0.25) is 0 Å². The average molecular weight is 355 g/mol. The van der Waals surface area contributed by atoms with Crippen LogP contribution in [0.1, 0.15) is 11.6 Å². The maximum Gasteiger partial charge on any atom is 0.377 e. The molecule has 0 fully saturated rings. The Morgan fingerprint density at radius 2 is 1.58 bits per heavy atom. The van der Waals surface area contributed by atoms with Crippen molar-refractivity contribution in [2.45, 2.75) is 6.04 Å². The third-order valence-corrected chi connectivity index (χ3v) is 3.96. The molecule has 0 aromatic heterocycles. The molecule has 7 nitrogen and oxygen atoms in total. The summed E-state index contributed by atoms with van der Waals surface area (Å²) in [6, 6.07) is 14.5. The number of carbonyl (C=O) groups excluding carboxylic acids is 2. The van der Waals surface area contributed by atoms with E-state index in [0.29, 0.717) is 11.3 Å². The van der Waals surface area contributed by atoms with E-state index in [-0.39, 0.29) is 17.1 Å². The first-order valence-electron chi connectivity index (χ1n) is 7.79. The number of hydrogen-bond donors (Lipinski definition) is 1. The first kappa shape index (κ1) is 17.3. The largest absolute Gasteiger partial charge is 0.508 e. The number of methoxy groups -OCH3 is 2. The number of phenols is 1. The molecule has 1 N–H and O–H groups in total. The van der Waals surface area contributed by atoms with Crippen molar-refractivity contribution in [1.29, 1.82) is 0 Å². The van der Waals surface area contributed by atoms with Gasteiger partial charge >= 0.3 is 11.9 Å². The van der Waals surface area contributed by atoms with Crippen LogP contribution in [0.3, 0.4) is 0 Å². The van der Waals surface area contributed by atoms with E-state index in [2.05, 4.69) is 0 Å². The maximum atomic E-state index is 12.4. The van der Waals surface area contributed by atoms with Crippen molar-refractivity contribution in [1.82, 2.24) is 0 Å². The van der Waals surface area contributed by atoms with Crippen LogP contribution >= 0.6 is 0 Å². The van der Waals surface area contributed by atoms with Gasteiger partial charge in [-0.05, 0) is 18.2 Å². The van der Waals surface area contributed by atoms with Crippen molar-refractivity contribution in [2.24, 2.45) is 0 Å². The molecule has 0 amide bonds. The SMILES string of the molecule is COC(=O)C1=C(C(=O)OC)[C@H](c2ccccc2O)N(c2ccccc2)O1. The highest BCUT2D eigenvalue weighted by Gasteiger charge is 2.45. The smallest absolute Gasteiger partial charge is 0.377 e. The molecule has 0 spiro atoms. The summed E-state index contributed by atoms with van der Waals surface area (Å²) in [4.78, 5) is 30.3. The third kappa shape index (κ3) is 2.95. The van der Waals surface area contributed by atoms with Crippen molar-refractivity contribution in [3.63, 3.8) is 0 Å². The minimum Gasteiger partial charge on any atom is -0.508 e. The van der Waals surface area contributed by atoms with Gasteiger partial charge in [-0.2, -0.15) is 5.06 Å². The van der Waals surface area contributed by atoms with Gasteiger partial charge in [0.15, 0.2) is 0 Å². The lowest BCUT2D eigenvalue weighted by Crippen LogP contribution is -2.26. The number of carbonyl (C=O) groups is 2. The van der Waals surface area contributed by atoms with Gasteiger partial charge in [-0.1, -0.05) is 36.4 Å². The molecule has 134 valence electrons. The van der Waals surface area contributed by atoms with Crippen LogP contribution in [0.4, 0.5) is 5.69 Å². The summed E-state index contributed by atoms with van der Waals surface area (Å²) < 4.78 is 9.58. The molecule has 1 heterocycles. The number of nitrogens with zero attached hydrogens (tertiary/aromatic N) is 1. The number of anilines is 1. The highest BCUT2D eigenvalue weighted by atomic mass is 16.7. The Morgan fingerprint density at radius 1 is 0.962 bits per heavy atom. The number of ether oxygens (including phenoxy) is 2. The molecular weight excluding hydrogens is 338 g/mol. The van der Waals surface area contributed by atoms with Crippen LogP contribution in [0.5, 0.6) is 5.75 Å². The highest BCUT2D eigenvalue weighted by molar-refractivity contribution is 6.01. The van der Waals surface area contributed by atoms with Gasteiger partial charge in [-0.15, -0.1) is 0 Å². The van der Waals surface area contributed by atoms with E-state index >= 15 is 0 Å². The molecule has 0 aliphatic carbocycles. The van der Waals surface area contributed by atoms with Crippen LogP contribution in [-0.2, 0) is 23.9 Å². The fourth-order valence-corrected chi connectivity index (χ4v) is 2.77. The number of hydrogen-bond acceptors (Lipinski definition) is 7. The molecule has 0 unspecified atom stereocenters. The van der Waals surface area contributed by atoms with Gasteiger partial charge < -0.3 is 19.4 Å². The molecule has 3 rings (SSSR count). The Labute approximate surface area is 150 Å². The number of aromatic hydroxyl groups is 1. The zero-order valence-corrected chi connectivity index (χ0v) is 14.2. The first-order valence-corrected chi connectivity index (χ1v) is 7.79. The van der Waals surface area contributed by atoms with Gasteiger partial charge in [0, 0.05) is 5.56 Å². The Bertz CT molecular complexity index is 861. The second-order valence-corrected chi connectivity index (χ2v) is 5.44. The zero-order chi connectivity index (χ0) is 18.7. The molecule has 7 heteroatoms. The normalized spacial score (nSPS) is 16.2. The van der Waals surface area contributed by atoms with Crippen LogP contribution < -0.4 is 5.06 Å². The first-order chi connectivity index (χ1) is 12.6. The summed E-state index contributed by atoms with van der Waals surface area (Å²) in [6.45, 7) is 0. The predicted molar refractivity (Wildman–Crippen MR) is 91.9 cm³/mol. The number of phenolic OH excluding ortho intramolecular Hbond substituents is 1. The van der Waals surface area contributed by atoms with Gasteiger partial charge in [-0.25, -0.2) is 9.59 Å². The van der Waals surface area contributed by atoms with Crippen LogP contribution in [0.15, 0.2) is 65.9 Å². The Morgan fingerprint density at radius 3 is 2.19 bits per heavy atom. The lowest BCUT2D eigenvalue weighted by atomic mass is 9.96. The van der Waals surface area contributed by atoms with E-state index in [0.717, 1.165) is 0 Å².